The van der Waals surface area contributed by atoms with Crippen LogP contribution in [0.4, 0.5) is 0 Å². The zero-order valence-electron chi connectivity index (χ0n) is 14.7. The Morgan fingerprint density at radius 3 is 2.88 bits per heavy atom. The number of benzene rings is 1. The van der Waals surface area contributed by atoms with Crippen LogP contribution in [0.15, 0.2) is 30.5 Å². The molecule has 1 aliphatic heterocycles. The monoisotopic (exact) mass is 364 g/mol. The Morgan fingerprint density at radius 2 is 2.15 bits per heavy atom. The SMILES string of the molecule is Cc1nnc(-c2ccc3cnc(CC(=O)N4C[C@H]5CC[C@@H]4C5)cc3c2)s1. The number of carbonyl (C=O) groups excluding carboxylic acids is 1. The van der Waals surface area contributed by atoms with Crippen LogP contribution in [0.2, 0.25) is 0 Å². The Kier molecular flexibility index (Phi) is 3.74. The summed E-state index contributed by atoms with van der Waals surface area (Å²) in [5.41, 5.74) is 1.90. The highest BCUT2D eigenvalue weighted by Crippen LogP contribution is 2.37. The second-order valence-corrected chi connectivity index (χ2v) is 8.60. The van der Waals surface area contributed by atoms with Crippen LogP contribution in [0.3, 0.4) is 0 Å². The lowest BCUT2D eigenvalue weighted by atomic mass is 10.1. The number of hydrogen-bond acceptors (Lipinski definition) is 5. The van der Waals surface area contributed by atoms with E-state index >= 15 is 0 Å². The van der Waals surface area contributed by atoms with Crippen molar-refractivity contribution in [3.05, 3.63) is 41.2 Å². The number of nitrogens with zero attached hydrogens (tertiary/aromatic N) is 4. The third kappa shape index (κ3) is 2.78. The van der Waals surface area contributed by atoms with Crippen LogP contribution in [-0.2, 0) is 11.2 Å². The summed E-state index contributed by atoms with van der Waals surface area (Å²) in [6.07, 6.45) is 5.91. The normalized spacial score (nSPS) is 21.7. The molecule has 1 aromatic carbocycles. The van der Waals surface area contributed by atoms with Gasteiger partial charge in [0.25, 0.3) is 0 Å². The van der Waals surface area contributed by atoms with Gasteiger partial charge in [-0.1, -0.05) is 23.5 Å². The van der Waals surface area contributed by atoms with E-state index in [2.05, 4.69) is 38.3 Å². The van der Waals surface area contributed by atoms with Crippen molar-refractivity contribution in [3.8, 4) is 10.6 Å². The molecule has 0 N–H and O–H groups in total. The van der Waals surface area contributed by atoms with Gasteiger partial charge in [-0.2, -0.15) is 0 Å². The second kappa shape index (κ2) is 6.13. The van der Waals surface area contributed by atoms with Crippen molar-refractivity contribution in [1.82, 2.24) is 20.1 Å². The smallest absolute Gasteiger partial charge is 0.228 e. The van der Waals surface area contributed by atoms with Crippen LogP contribution < -0.4 is 0 Å². The van der Waals surface area contributed by atoms with Crippen molar-refractivity contribution < 1.29 is 4.79 Å². The van der Waals surface area contributed by atoms with Gasteiger partial charge in [0.05, 0.1) is 12.1 Å². The first-order valence-corrected chi connectivity index (χ1v) is 9.96. The highest BCUT2D eigenvalue weighted by atomic mass is 32.1. The molecule has 1 saturated carbocycles. The topological polar surface area (TPSA) is 59.0 Å². The molecule has 0 radical (unpaired) electrons. The number of carbonyl (C=O) groups is 1. The van der Waals surface area contributed by atoms with E-state index in [0.717, 1.165) is 44.5 Å². The van der Waals surface area contributed by atoms with Crippen LogP contribution in [0, 0.1) is 12.8 Å². The maximum atomic E-state index is 12.7. The van der Waals surface area contributed by atoms with E-state index in [4.69, 9.17) is 0 Å². The van der Waals surface area contributed by atoms with E-state index in [-0.39, 0.29) is 5.91 Å². The van der Waals surface area contributed by atoms with Crippen LogP contribution in [0.5, 0.6) is 0 Å². The molecule has 0 unspecified atom stereocenters. The molecule has 3 aromatic rings. The highest BCUT2D eigenvalue weighted by Gasteiger charge is 2.39. The minimum Gasteiger partial charge on any atom is -0.339 e. The lowest BCUT2D eigenvalue weighted by Gasteiger charge is -2.26. The molecular formula is C20H20N4OS. The minimum absolute atomic E-state index is 0.222. The maximum absolute atomic E-state index is 12.7. The standard InChI is InChI=1S/C20H20N4OS/c1-12-22-23-20(26-12)14-3-4-15-10-21-17(8-16(15)7-14)9-19(25)24-11-13-2-5-18(24)6-13/h3-4,7-8,10,13,18H,2,5-6,9,11H2,1H3/t13-,18+/m0/s1. The minimum atomic E-state index is 0.222. The predicted molar refractivity (Wildman–Crippen MR) is 102 cm³/mol. The highest BCUT2D eigenvalue weighted by molar-refractivity contribution is 7.14. The quantitative estimate of drug-likeness (QED) is 0.712. The Balaban J connectivity index is 1.40. The van der Waals surface area contributed by atoms with E-state index in [1.165, 1.54) is 19.3 Å². The fourth-order valence-corrected chi connectivity index (χ4v) is 5.00. The number of aryl methyl sites for hydroxylation is 1. The number of aromatic nitrogens is 3. The number of hydrogen-bond donors (Lipinski definition) is 0. The van der Waals surface area contributed by atoms with Crippen LogP contribution in [-0.4, -0.2) is 38.6 Å². The van der Waals surface area contributed by atoms with Gasteiger partial charge in [0.2, 0.25) is 5.91 Å². The van der Waals surface area contributed by atoms with Gasteiger partial charge in [0.1, 0.15) is 10.0 Å². The van der Waals surface area contributed by atoms with Crippen LogP contribution in [0.1, 0.15) is 30.0 Å². The van der Waals surface area contributed by atoms with Gasteiger partial charge < -0.3 is 4.90 Å². The lowest BCUT2D eigenvalue weighted by Crippen LogP contribution is -2.38. The third-order valence-corrected chi connectivity index (χ3v) is 6.50. The molecule has 2 aliphatic rings. The van der Waals surface area contributed by atoms with Crippen molar-refractivity contribution >= 4 is 28.0 Å². The first kappa shape index (κ1) is 15.9. The average molecular weight is 364 g/mol. The summed E-state index contributed by atoms with van der Waals surface area (Å²) >= 11 is 1.59. The Hall–Kier alpha value is -2.34. The molecule has 3 heterocycles. The average Bonchev–Trinajstić information content (AvgIpc) is 3.38. The molecule has 2 atom stereocenters. The Morgan fingerprint density at radius 1 is 1.23 bits per heavy atom. The molecule has 1 aliphatic carbocycles. The molecule has 1 saturated heterocycles. The van der Waals surface area contributed by atoms with Crippen LogP contribution >= 0.6 is 11.3 Å². The second-order valence-electron chi connectivity index (χ2n) is 7.42. The molecule has 5 nitrogen and oxygen atoms in total. The molecule has 2 aromatic heterocycles. The van der Waals surface area contributed by atoms with Crippen molar-refractivity contribution in [2.45, 2.75) is 38.6 Å². The zero-order chi connectivity index (χ0) is 17.7. The summed E-state index contributed by atoms with van der Waals surface area (Å²) in [6, 6.07) is 8.73. The van der Waals surface area contributed by atoms with Gasteiger partial charge in [-0.05, 0) is 49.6 Å². The molecule has 132 valence electrons. The number of fused-ring (bicyclic) bond motifs is 3. The van der Waals surface area contributed by atoms with E-state index in [9.17, 15) is 4.79 Å². The molecule has 6 heteroatoms. The fourth-order valence-electron chi connectivity index (χ4n) is 4.32. The first-order valence-electron chi connectivity index (χ1n) is 9.14. The summed E-state index contributed by atoms with van der Waals surface area (Å²) in [5, 5.41) is 12.4. The van der Waals surface area contributed by atoms with Gasteiger partial charge in [-0.15, -0.1) is 10.2 Å². The maximum Gasteiger partial charge on any atom is 0.228 e. The number of pyridine rings is 1. The van der Waals surface area contributed by atoms with Crippen molar-refractivity contribution in [2.24, 2.45) is 5.92 Å². The summed E-state index contributed by atoms with van der Waals surface area (Å²) in [5.74, 6) is 0.950. The van der Waals surface area contributed by atoms with Gasteiger partial charge in [0.15, 0.2) is 0 Å². The fraction of sp³-hybridized carbons (Fsp3) is 0.400. The van der Waals surface area contributed by atoms with Crippen LogP contribution in [0.25, 0.3) is 21.3 Å². The Labute approximate surface area is 156 Å². The molecule has 26 heavy (non-hydrogen) atoms. The van der Waals surface area contributed by atoms with Gasteiger partial charge in [0, 0.05) is 29.7 Å². The largest absolute Gasteiger partial charge is 0.339 e. The molecule has 5 rings (SSSR count). The molecular weight excluding hydrogens is 344 g/mol. The summed E-state index contributed by atoms with van der Waals surface area (Å²) in [4.78, 5) is 19.3. The Bertz CT molecular complexity index is 998. The molecule has 2 fully saturated rings. The van der Waals surface area contributed by atoms with Gasteiger partial charge >= 0.3 is 0 Å². The molecule has 2 bridgehead atoms. The van der Waals surface area contributed by atoms with Gasteiger partial charge in [-0.3, -0.25) is 9.78 Å². The first-order chi connectivity index (χ1) is 12.7. The zero-order valence-corrected chi connectivity index (χ0v) is 15.5. The van der Waals surface area contributed by atoms with E-state index in [1.807, 2.05) is 19.2 Å². The number of piperidine rings is 1. The van der Waals surface area contributed by atoms with Crippen molar-refractivity contribution in [3.63, 3.8) is 0 Å². The lowest BCUT2D eigenvalue weighted by molar-refractivity contribution is -0.132. The molecule has 0 spiro atoms. The summed E-state index contributed by atoms with van der Waals surface area (Å²) in [7, 11) is 0. The van der Waals surface area contributed by atoms with Gasteiger partial charge in [-0.25, -0.2) is 0 Å². The van der Waals surface area contributed by atoms with Crippen molar-refractivity contribution in [1.29, 1.82) is 0 Å². The van der Waals surface area contributed by atoms with Crippen molar-refractivity contribution in [2.75, 3.05) is 6.54 Å². The summed E-state index contributed by atoms with van der Waals surface area (Å²) < 4.78 is 0. The number of amides is 1. The molecule has 1 amide bonds. The number of likely N-dealkylation sites (tertiary alicyclic amines) is 1. The van der Waals surface area contributed by atoms with E-state index < -0.39 is 0 Å². The predicted octanol–water partition coefficient (Wildman–Crippen LogP) is 3.62. The van der Waals surface area contributed by atoms with E-state index in [1.54, 1.807) is 11.3 Å². The van der Waals surface area contributed by atoms with E-state index in [0.29, 0.717) is 12.5 Å². The summed E-state index contributed by atoms with van der Waals surface area (Å²) in [6.45, 7) is 2.90. The number of rotatable bonds is 3. The third-order valence-electron chi connectivity index (χ3n) is 5.61.